The van der Waals surface area contributed by atoms with E-state index in [1.807, 2.05) is 24.3 Å². The second-order valence-corrected chi connectivity index (χ2v) is 6.21. The number of aromatic nitrogens is 7. The fourth-order valence-corrected chi connectivity index (χ4v) is 2.99. The average Bonchev–Trinajstić information content (AvgIpc) is 3.24. The molecule has 25 heavy (non-hydrogen) atoms. The standard InChI is InChI=1S/C14H13ClF2N8/c15-14(16,17)13-21-18-11-8-24(5-6-25(11)13)7-9-1-3-10(4-2-9)12-19-22-23-20-12/h1-4H,5-8H2,(H,19,20,22,23). The minimum absolute atomic E-state index is 0.376. The van der Waals surface area contributed by atoms with Gasteiger partial charge in [0.05, 0.1) is 6.54 Å². The van der Waals surface area contributed by atoms with Gasteiger partial charge in [0.25, 0.3) is 0 Å². The van der Waals surface area contributed by atoms with Crippen LogP contribution in [0.5, 0.6) is 0 Å². The number of hydrogen-bond acceptors (Lipinski definition) is 6. The van der Waals surface area contributed by atoms with Crippen molar-refractivity contribution in [1.29, 1.82) is 0 Å². The van der Waals surface area contributed by atoms with Crippen LogP contribution >= 0.6 is 11.6 Å². The molecule has 1 aliphatic heterocycles. The lowest BCUT2D eigenvalue weighted by Crippen LogP contribution is -2.34. The molecule has 8 nitrogen and oxygen atoms in total. The summed E-state index contributed by atoms with van der Waals surface area (Å²) in [6.07, 6.45) is 0. The van der Waals surface area contributed by atoms with Crippen molar-refractivity contribution in [3.63, 3.8) is 0 Å². The van der Waals surface area contributed by atoms with Crippen LogP contribution in [0, 0.1) is 0 Å². The van der Waals surface area contributed by atoms with Gasteiger partial charge in [-0.3, -0.25) is 4.90 Å². The molecule has 0 unspecified atom stereocenters. The molecule has 130 valence electrons. The molecule has 1 N–H and O–H groups in total. The van der Waals surface area contributed by atoms with Gasteiger partial charge in [0.1, 0.15) is 5.82 Å². The zero-order valence-electron chi connectivity index (χ0n) is 12.9. The van der Waals surface area contributed by atoms with Crippen LogP contribution in [0.4, 0.5) is 8.78 Å². The summed E-state index contributed by atoms with van der Waals surface area (Å²) in [6, 6.07) is 7.78. The van der Waals surface area contributed by atoms with Crippen molar-refractivity contribution < 1.29 is 8.78 Å². The number of nitrogens with one attached hydrogen (secondary N) is 1. The smallest absolute Gasteiger partial charge is 0.306 e. The molecule has 0 fully saturated rings. The Kier molecular flexibility index (Phi) is 3.92. The van der Waals surface area contributed by atoms with Crippen LogP contribution in [-0.4, -0.2) is 46.8 Å². The summed E-state index contributed by atoms with van der Waals surface area (Å²) in [5, 5.41) is 17.7. The van der Waals surface area contributed by atoms with Gasteiger partial charge in [-0.1, -0.05) is 24.3 Å². The maximum atomic E-state index is 13.3. The van der Waals surface area contributed by atoms with Crippen molar-refractivity contribution >= 4 is 11.6 Å². The molecule has 1 aromatic carbocycles. The van der Waals surface area contributed by atoms with Crippen LogP contribution in [0.15, 0.2) is 24.3 Å². The molecule has 3 aromatic rings. The summed E-state index contributed by atoms with van der Waals surface area (Å²) in [7, 11) is 0. The van der Waals surface area contributed by atoms with E-state index < -0.39 is 11.2 Å². The molecule has 0 spiro atoms. The molecule has 3 heterocycles. The molecule has 0 saturated carbocycles. The normalized spacial score (nSPS) is 15.3. The van der Waals surface area contributed by atoms with E-state index in [0.717, 1.165) is 11.1 Å². The van der Waals surface area contributed by atoms with Gasteiger partial charge in [-0.2, -0.15) is 14.0 Å². The second kappa shape index (κ2) is 6.12. The lowest BCUT2D eigenvalue weighted by atomic mass is 10.1. The van der Waals surface area contributed by atoms with Crippen molar-refractivity contribution in [2.45, 2.75) is 25.0 Å². The van der Waals surface area contributed by atoms with Crippen LogP contribution in [0.2, 0.25) is 0 Å². The molecule has 2 aromatic heterocycles. The molecule has 11 heteroatoms. The first kappa shape index (κ1) is 16.0. The molecule has 0 atom stereocenters. The molecule has 0 amide bonds. The van der Waals surface area contributed by atoms with Crippen LogP contribution in [0.1, 0.15) is 17.2 Å². The first-order valence-corrected chi connectivity index (χ1v) is 7.93. The molecule has 0 saturated heterocycles. The van der Waals surface area contributed by atoms with Gasteiger partial charge < -0.3 is 4.57 Å². The zero-order valence-corrected chi connectivity index (χ0v) is 13.7. The maximum absolute atomic E-state index is 13.3. The Bertz CT molecular complexity index is 856. The van der Waals surface area contributed by atoms with Gasteiger partial charge in [0.2, 0.25) is 11.6 Å². The molecular weight excluding hydrogens is 354 g/mol. The van der Waals surface area contributed by atoms with E-state index in [-0.39, 0.29) is 0 Å². The number of H-pyrrole nitrogens is 1. The average molecular weight is 367 g/mol. The van der Waals surface area contributed by atoms with Crippen molar-refractivity contribution in [3.8, 4) is 11.4 Å². The predicted molar refractivity (Wildman–Crippen MR) is 83.5 cm³/mol. The highest BCUT2D eigenvalue weighted by Gasteiger charge is 2.37. The van der Waals surface area contributed by atoms with Crippen LogP contribution in [-0.2, 0) is 25.0 Å². The van der Waals surface area contributed by atoms with Crippen LogP contribution in [0.25, 0.3) is 11.4 Å². The number of tetrazole rings is 1. The summed E-state index contributed by atoms with van der Waals surface area (Å²) in [6.45, 7) is 2.09. The SMILES string of the molecule is FC(F)(Cl)c1nnc2n1CCN(Cc1ccc(-c3nn[nH]n3)cc1)C2. The van der Waals surface area contributed by atoms with Gasteiger partial charge in [-0.05, 0) is 22.4 Å². The van der Waals surface area contributed by atoms with E-state index in [2.05, 4.69) is 35.7 Å². The Balaban J connectivity index is 1.45. The molecule has 0 aliphatic carbocycles. The monoisotopic (exact) mass is 366 g/mol. The highest BCUT2D eigenvalue weighted by molar-refractivity contribution is 6.21. The number of nitrogens with zero attached hydrogens (tertiary/aromatic N) is 7. The minimum atomic E-state index is -3.50. The van der Waals surface area contributed by atoms with Gasteiger partial charge in [-0.25, -0.2) is 0 Å². The molecule has 1 aliphatic rings. The fourth-order valence-electron chi connectivity index (χ4n) is 2.85. The van der Waals surface area contributed by atoms with Crippen LogP contribution in [0.3, 0.4) is 0 Å². The number of fused-ring (bicyclic) bond motifs is 1. The molecule has 4 rings (SSSR count). The van der Waals surface area contributed by atoms with Gasteiger partial charge >= 0.3 is 5.38 Å². The number of rotatable bonds is 4. The Morgan fingerprint density at radius 3 is 2.60 bits per heavy atom. The fraction of sp³-hybridized carbons (Fsp3) is 0.357. The summed E-state index contributed by atoms with van der Waals surface area (Å²) < 4.78 is 28.0. The summed E-state index contributed by atoms with van der Waals surface area (Å²) in [5.74, 6) is 0.533. The number of hydrogen-bond donors (Lipinski definition) is 1. The Morgan fingerprint density at radius 1 is 1.12 bits per heavy atom. The third kappa shape index (κ3) is 3.22. The van der Waals surface area contributed by atoms with E-state index in [4.69, 9.17) is 11.6 Å². The maximum Gasteiger partial charge on any atom is 0.381 e. The van der Waals surface area contributed by atoms with E-state index in [1.165, 1.54) is 4.57 Å². The molecule has 0 radical (unpaired) electrons. The second-order valence-electron chi connectivity index (χ2n) is 5.73. The van der Waals surface area contributed by atoms with E-state index in [1.54, 1.807) is 0 Å². The Labute approximate surface area is 145 Å². The third-order valence-electron chi connectivity index (χ3n) is 4.05. The van der Waals surface area contributed by atoms with E-state index >= 15 is 0 Å². The highest BCUT2D eigenvalue weighted by atomic mass is 35.5. The molecular formula is C14H13ClF2N8. The lowest BCUT2D eigenvalue weighted by Gasteiger charge is -2.28. The third-order valence-corrected chi connectivity index (χ3v) is 4.22. The molecule has 0 bridgehead atoms. The first-order chi connectivity index (χ1) is 12.0. The van der Waals surface area contributed by atoms with Gasteiger partial charge in [0.15, 0.2) is 0 Å². The predicted octanol–water partition coefficient (Wildman–Crippen LogP) is 1.76. The number of alkyl halides is 3. The van der Waals surface area contributed by atoms with Crippen molar-refractivity contribution in [3.05, 3.63) is 41.5 Å². The summed E-state index contributed by atoms with van der Waals surface area (Å²) in [4.78, 5) is 2.11. The highest BCUT2D eigenvalue weighted by Crippen LogP contribution is 2.32. The summed E-state index contributed by atoms with van der Waals surface area (Å²) in [5.41, 5.74) is 1.95. The zero-order chi connectivity index (χ0) is 17.4. The van der Waals surface area contributed by atoms with Crippen LogP contribution < -0.4 is 0 Å². The van der Waals surface area contributed by atoms with Crippen molar-refractivity contribution in [1.82, 2.24) is 40.3 Å². The van der Waals surface area contributed by atoms with Crippen molar-refractivity contribution in [2.75, 3.05) is 6.54 Å². The Hall–Kier alpha value is -2.46. The number of aromatic amines is 1. The lowest BCUT2D eigenvalue weighted by molar-refractivity contribution is 0.0761. The van der Waals surface area contributed by atoms with E-state index in [9.17, 15) is 8.78 Å². The first-order valence-electron chi connectivity index (χ1n) is 7.55. The quantitative estimate of drug-likeness (QED) is 0.708. The number of benzene rings is 1. The minimum Gasteiger partial charge on any atom is -0.306 e. The largest absolute Gasteiger partial charge is 0.381 e. The topological polar surface area (TPSA) is 88.4 Å². The number of halogens is 3. The van der Waals surface area contributed by atoms with E-state index in [0.29, 0.717) is 37.8 Å². The van der Waals surface area contributed by atoms with Gasteiger partial charge in [0, 0.05) is 25.2 Å². The summed E-state index contributed by atoms with van der Waals surface area (Å²) >= 11 is 5.07. The van der Waals surface area contributed by atoms with Gasteiger partial charge in [-0.15, -0.1) is 20.4 Å². The van der Waals surface area contributed by atoms with Crippen molar-refractivity contribution in [2.24, 2.45) is 0 Å². The Morgan fingerprint density at radius 2 is 1.92 bits per heavy atom.